The molecule has 0 saturated carbocycles. The van der Waals surface area contributed by atoms with Gasteiger partial charge >= 0.3 is 0 Å². The maximum Gasteiger partial charge on any atom is 0.227 e. The lowest BCUT2D eigenvalue weighted by Crippen LogP contribution is -2.47. The molecule has 2 aromatic carbocycles. The summed E-state index contributed by atoms with van der Waals surface area (Å²) in [6.07, 6.45) is 2.52. The Hall–Kier alpha value is -2.33. The number of amides is 1. The molecule has 0 N–H and O–H groups in total. The number of nitrogens with zero attached hydrogens (tertiary/aromatic N) is 2. The van der Waals surface area contributed by atoms with Crippen molar-refractivity contribution in [3.63, 3.8) is 0 Å². The van der Waals surface area contributed by atoms with Crippen molar-refractivity contribution in [2.45, 2.75) is 44.1 Å². The average Bonchev–Trinajstić information content (AvgIpc) is 3.01. The quantitative estimate of drug-likeness (QED) is 0.792. The van der Waals surface area contributed by atoms with Crippen LogP contribution in [0, 0.1) is 6.92 Å². The third-order valence-corrected chi connectivity index (χ3v) is 6.73. The fraction of sp³-hybridized carbons (Fsp3) is 0.458. The minimum atomic E-state index is 0.247. The van der Waals surface area contributed by atoms with Crippen LogP contribution in [0.25, 0.3) is 0 Å². The first-order valence-corrected chi connectivity index (χ1v) is 10.4. The summed E-state index contributed by atoms with van der Waals surface area (Å²) in [6, 6.07) is 15.1. The third kappa shape index (κ3) is 2.91. The number of carbonyl (C=O) groups is 1. The number of hydrogen-bond acceptors (Lipinski definition) is 3. The molecule has 0 radical (unpaired) electrons. The van der Waals surface area contributed by atoms with E-state index in [4.69, 9.17) is 4.74 Å². The van der Waals surface area contributed by atoms with Gasteiger partial charge in [0.1, 0.15) is 5.75 Å². The van der Waals surface area contributed by atoms with Crippen molar-refractivity contribution >= 4 is 11.6 Å². The lowest BCUT2D eigenvalue weighted by Gasteiger charge is -2.37. The fourth-order valence-electron chi connectivity index (χ4n) is 5.34. The van der Waals surface area contributed by atoms with E-state index < -0.39 is 0 Å². The van der Waals surface area contributed by atoms with Gasteiger partial charge in [0.2, 0.25) is 5.91 Å². The number of hydrogen-bond donors (Lipinski definition) is 0. The Kier molecular flexibility index (Phi) is 4.39. The summed E-state index contributed by atoms with van der Waals surface area (Å²) in [5, 5.41) is 0. The van der Waals surface area contributed by atoms with Crippen molar-refractivity contribution in [2.24, 2.45) is 0 Å². The van der Waals surface area contributed by atoms with Gasteiger partial charge < -0.3 is 14.5 Å². The van der Waals surface area contributed by atoms with Gasteiger partial charge in [0, 0.05) is 30.6 Å². The summed E-state index contributed by atoms with van der Waals surface area (Å²) >= 11 is 0. The average molecular weight is 377 g/mol. The highest BCUT2D eigenvalue weighted by molar-refractivity contribution is 5.97. The smallest absolute Gasteiger partial charge is 0.227 e. The highest BCUT2D eigenvalue weighted by atomic mass is 16.5. The molecule has 0 aromatic heterocycles. The molecule has 1 fully saturated rings. The molecule has 1 amide bonds. The van der Waals surface area contributed by atoms with E-state index in [1.807, 2.05) is 18.2 Å². The molecule has 3 aliphatic rings. The van der Waals surface area contributed by atoms with Crippen LogP contribution < -0.4 is 9.64 Å². The van der Waals surface area contributed by atoms with Crippen LogP contribution in [0.15, 0.2) is 42.5 Å². The SMILES string of the molecule is Cc1ccc2c(c1)C1CN(C)CCC1N2C(=O)CC1CCOc2ccccc21. The van der Waals surface area contributed by atoms with E-state index in [1.54, 1.807) is 0 Å². The predicted molar refractivity (Wildman–Crippen MR) is 111 cm³/mol. The summed E-state index contributed by atoms with van der Waals surface area (Å²) in [5.41, 5.74) is 4.96. The lowest BCUT2D eigenvalue weighted by atomic mass is 9.88. The van der Waals surface area contributed by atoms with Gasteiger partial charge in [-0.3, -0.25) is 4.79 Å². The van der Waals surface area contributed by atoms with Crippen LogP contribution in [-0.4, -0.2) is 43.6 Å². The normalized spacial score (nSPS) is 26.2. The molecule has 4 nitrogen and oxygen atoms in total. The van der Waals surface area contributed by atoms with E-state index in [-0.39, 0.29) is 11.8 Å². The Morgan fingerprint density at radius 3 is 2.89 bits per heavy atom. The molecule has 5 rings (SSSR count). The molecule has 3 aliphatic heterocycles. The van der Waals surface area contributed by atoms with E-state index in [0.29, 0.717) is 25.0 Å². The van der Waals surface area contributed by atoms with Crippen LogP contribution in [0.2, 0.25) is 0 Å². The summed E-state index contributed by atoms with van der Waals surface area (Å²) in [5.74, 6) is 1.89. The number of likely N-dealkylation sites (tertiary alicyclic amines) is 1. The number of para-hydroxylation sites is 1. The van der Waals surface area contributed by atoms with Crippen molar-refractivity contribution in [1.29, 1.82) is 0 Å². The lowest BCUT2D eigenvalue weighted by molar-refractivity contribution is -0.119. The number of carbonyl (C=O) groups excluding carboxylic acids is 1. The molecule has 1 saturated heterocycles. The van der Waals surface area contributed by atoms with Crippen LogP contribution in [0.5, 0.6) is 5.75 Å². The van der Waals surface area contributed by atoms with Crippen molar-refractivity contribution in [2.75, 3.05) is 31.6 Å². The first kappa shape index (κ1) is 17.7. The Bertz CT molecular complexity index is 909. The molecule has 4 heteroatoms. The highest BCUT2D eigenvalue weighted by Gasteiger charge is 2.44. The van der Waals surface area contributed by atoms with Gasteiger partial charge in [0.25, 0.3) is 0 Å². The summed E-state index contributed by atoms with van der Waals surface area (Å²) in [6.45, 7) is 4.93. The largest absolute Gasteiger partial charge is 0.493 e. The second-order valence-corrected chi connectivity index (χ2v) is 8.63. The number of rotatable bonds is 2. The van der Waals surface area contributed by atoms with Crippen molar-refractivity contribution in [1.82, 2.24) is 4.90 Å². The van der Waals surface area contributed by atoms with Gasteiger partial charge in [-0.2, -0.15) is 0 Å². The van der Waals surface area contributed by atoms with Crippen molar-refractivity contribution < 1.29 is 9.53 Å². The maximum atomic E-state index is 13.6. The molecule has 28 heavy (non-hydrogen) atoms. The van der Waals surface area contributed by atoms with Crippen LogP contribution in [0.4, 0.5) is 5.69 Å². The molecular weight excluding hydrogens is 348 g/mol. The first-order valence-electron chi connectivity index (χ1n) is 10.4. The molecule has 3 atom stereocenters. The molecule has 2 aromatic rings. The monoisotopic (exact) mass is 376 g/mol. The zero-order valence-electron chi connectivity index (χ0n) is 16.7. The molecular formula is C24H28N2O2. The van der Waals surface area contributed by atoms with Gasteiger partial charge in [-0.15, -0.1) is 0 Å². The zero-order valence-corrected chi connectivity index (χ0v) is 16.7. The highest BCUT2D eigenvalue weighted by Crippen LogP contribution is 2.46. The number of aryl methyl sites for hydroxylation is 1. The zero-order chi connectivity index (χ0) is 19.3. The third-order valence-electron chi connectivity index (χ3n) is 6.73. The number of ether oxygens (including phenoxy) is 1. The fourth-order valence-corrected chi connectivity index (χ4v) is 5.34. The minimum Gasteiger partial charge on any atom is -0.493 e. The minimum absolute atomic E-state index is 0.247. The summed E-state index contributed by atoms with van der Waals surface area (Å²) in [7, 11) is 2.19. The topological polar surface area (TPSA) is 32.8 Å². The van der Waals surface area contributed by atoms with E-state index in [0.717, 1.165) is 37.4 Å². The molecule has 3 unspecified atom stereocenters. The summed E-state index contributed by atoms with van der Waals surface area (Å²) in [4.78, 5) is 18.1. The number of likely N-dealkylation sites (N-methyl/N-ethyl adjacent to an activating group) is 1. The van der Waals surface area contributed by atoms with Gasteiger partial charge in [0.15, 0.2) is 0 Å². The van der Waals surface area contributed by atoms with Crippen molar-refractivity contribution in [3.8, 4) is 5.75 Å². The Morgan fingerprint density at radius 2 is 2.00 bits per heavy atom. The standard InChI is InChI=1S/C24H28N2O2/c1-16-7-8-21-19(13-16)20-15-25(2)11-9-22(20)26(21)24(27)14-17-10-12-28-23-6-4-3-5-18(17)23/h3-8,13,17,20,22H,9-12,14-15H2,1-2H3. The van der Waals surface area contributed by atoms with Crippen LogP contribution in [0.3, 0.4) is 0 Å². The summed E-state index contributed by atoms with van der Waals surface area (Å²) < 4.78 is 5.80. The maximum absolute atomic E-state index is 13.6. The molecule has 146 valence electrons. The number of fused-ring (bicyclic) bond motifs is 4. The second-order valence-electron chi connectivity index (χ2n) is 8.63. The van der Waals surface area contributed by atoms with Gasteiger partial charge in [-0.25, -0.2) is 0 Å². The van der Waals surface area contributed by atoms with Gasteiger partial charge in [0.05, 0.1) is 6.61 Å². The van der Waals surface area contributed by atoms with Crippen LogP contribution >= 0.6 is 0 Å². The van der Waals surface area contributed by atoms with E-state index in [2.05, 4.69) is 48.0 Å². The van der Waals surface area contributed by atoms with Crippen LogP contribution in [-0.2, 0) is 4.79 Å². The predicted octanol–water partition coefficient (Wildman–Crippen LogP) is 4.09. The van der Waals surface area contributed by atoms with Crippen molar-refractivity contribution in [3.05, 3.63) is 59.2 Å². The van der Waals surface area contributed by atoms with Gasteiger partial charge in [-0.05, 0) is 62.5 Å². The number of piperidine rings is 1. The van der Waals surface area contributed by atoms with Gasteiger partial charge in [-0.1, -0.05) is 35.9 Å². The molecule has 0 aliphatic carbocycles. The molecule has 3 heterocycles. The van der Waals surface area contributed by atoms with E-state index in [1.165, 1.54) is 16.7 Å². The second kappa shape index (κ2) is 6.93. The molecule has 0 spiro atoms. The Morgan fingerprint density at radius 1 is 1.14 bits per heavy atom. The Labute approximate surface area is 167 Å². The molecule has 0 bridgehead atoms. The first-order chi connectivity index (χ1) is 13.6. The Balaban J connectivity index is 1.45. The van der Waals surface area contributed by atoms with Crippen LogP contribution in [0.1, 0.15) is 47.8 Å². The van der Waals surface area contributed by atoms with E-state index >= 15 is 0 Å². The number of anilines is 1. The number of benzene rings is 2. The van der Waals surface area contributed by atoms with E-state index in [9.17, 15) is 4.79 Å².